The normalized spacial score (nSPS) is 15.3. The van der Waals surface area contributed by atoms with Gasteiger partial charge in [0, 0.05) is 37.3 Å². The SMILES string of the molecule is CN(C)c1ccc2c(c1)C(C)(C)c1cc3c(cc1=C2c1c(F)c(F)c(SCC(=O)O)c(F)c1F)CCCN=3. The molecule has 4 nitrogen and oxygen atoms in total. The molecule has 0 bridgehead atoms. The fraction of sp³-hybridized carbons (Fsp3) is 0.310. The summed E-state index contributed by atoms with van der Waals surface area (Å²) < 4.78 is 61.9. The highest BCUT2D eigenvalue weighted by Gasteiger charge is 2.37. The number of aliphatic carboxylic acids is 1. The van der Waals surface area contributed by atoms with Crippen LogP contribution in [0.1, 0.15) is 48.1 Å². The zero-order valence-corrected chi connectivity index (χ0v) is 22.2. The molecule has 38 heavy (non-hydrogen) atoms. The second-order valence-electron chi connectivity index (χ2n) is 10.3. The molecule has 0 unspecified atom stereocenters. The first-order valence-electron chi connectivity index (χ1n) is 12.2. The van der Waals surface area contributed by atoms with E-state index in [1.807, 2.05) is 51.0 Å². The lowest BCUT2D eigenvalue weighted by Crippen LogP contribution is -2.38. The first-order chi connectivity index (χ1) is 17.9. The van der Waals surface area contributed by atoms with E-state index in [4.69, 9.17) is 5.11 Å². The third kappa shape index (κ3) is 4.08. The highest BCUT2D eigenvalue weighted by atomic mass is 32.2. The third-order valence-corrected chi connectivity index (χ3v) is 8.36. The maximum Gasteiger partial charge on any atom is 0.313 e. The molecule has 0 saturated carbocycles. The van der Waals surface area contributed by atoms with E-state index in [9.17, 15) is 4.79 Å². The number of nitrogens with zero attached hydrogens (tertiary/aromatic N) is 2. The first kappa shape index (κ1) is 26.3. The van der Waals surface area contributed by atoms with Crippen LogP contribution in [0.25, 0.3) is 5.57 Å². The molecule has 1 aliphatic carbocycles. The molecule has 5 rings (SSSR count). The van der Waals surface area contributed by atoms with Crippen LogP contribution in [0.4, 0.5) is 23.2 Å². The van der Waals surface area contributed by atoms with Gasteiger partial charge in [-0.1, -0.05) is 19.9 Å². The van der Waals surface area contributed by atoms with Crippen molar-refractivity contribution in [1.29, 1.82) is 0 Å². The van der Waals surface area contributed by atoms with Gasteiger partial charge in [0.2, 0.25) is 0 Å². The van der Waals surface area contributed by atoms with Gasteiger partial charge in [0.15, 0.2) is 23.3 Å². The van der Waals surface area contributed by atoms with Crippen LogP contribution in [0, 0.1) is 23.3 Å². The Labute approximate surface area is 221 Å². The molecule has 3 aromatic carbocycles. The average molecular weight is 543 g/mol. The van der Waals surface area contributed by atoms with Crippen LogP contribution in [0.2, 0.25) is 0 Å². The number of hydrogen-bond acceptors (Lipinski definition) is 4. The van der Waals surface area contributed by atoms with Crippen molar-refractivity contribution < 1.29 is 27.5 Å². The molecule has 9 heteroatoms. The van der Waals surface area contributed by atoms with Crippen LogP contribution in [0.5, 0.6) is 0 Å². The summed E-state index contributed by atoms with van der Waals surface area (Å²) in [6.07, 6.45) is 1.56. The van der Waals surface area contributed by atoms with Gasteiger partial charge in [-0.2, -0.15) is 0 Å². The molecule has 0 radical (unpaired) electrons. The van der Waals surface area contributed by atoms with Crippen molar-refractivity contribution in [3.8, 4) is 0 Å². The monoisotopic (exact) mass is 542 g/mol. The van der Waals surface area contributed by atoms with Gasteiger partial charge in [0.1, 0.15) is 0 Å². The number of carboxylic acids is 1. The number of carbonyl (C=O) groups is 1. The van der Waals surface area contributed by atoms with E-state index in [-0.39, 0.29) is 17.3 Å². The van der Waals surface area contributed by atoms with E-state index in [1.165, 1.54) is 0 Å². The molecule has 0 amide bonds. The Kier molecular flexibility index (Phi) is 6.54. The molecule has 2 aliphatic rings. The first-order valence-corrected chi connectivity index (χ1v) is 13.2. The van der Waals surface area contributed by atoms with E-state index < -0.39 is 50.9 Å². The molecule has 1 aliphatic heterocycles. The number of fused-ring (bicyclic) bond motifs is 3. The summed E-state index contributed by atoms with van der Waals surface area (Å²) in [5.41, 5.74) is 2.41. The quantitative estimate of drug-likeness (QED) is 0.282. The summed E-state index contributed by atoms with van der Waals surface area (Å²) in [6.45, 7) is 4.70. The number of rotatable bonds is 5. The van der Waals surface area contributed by atoms with Gasteiger partial charge < -0.3 is 10.0 Å². The van der Waals surface area contributed by atoms with Crippen molar-refractivity contribution in [2.45, 2.75) is 37.0 Å². The Morgan fingerprint density at radius 1 is 1.03 bits per heavy atom. The lowest BCUT2D eigenvalue weighted by Gasteiger charge is -2.36. The maximum atomic E-state index is 15.7. The standard InChI is InChI=1S/C29H26F4N2O2S/c1-29(2)18-11-15(35(3)4)7-8-16(18)22(17-10-14-6-5-9-34-20(14)12-19(17)29)23-24(30)26(32)28(27(33)25(23)31)38-13-21(36)37/h7-8,10-12H,5-6,9,13H2,1-4H3,(H,36,37). The Morgan fingerprint density at radius 2 is 1.71 bits per heavy atom. The van der Waals surface area contributed by atoms with Crippen molar-refractivity contribution >= 4 is 29.0 Å². The summed E-state index contributed by atoms with van der Waals surface area (Å²) in [5, 5.41) is 10.2. The molecule has 0 spiro atoms. The third-order valence-electron chi connectivity index (χ3n) is 7.32. The van der Waals surface area contributed by atoms with Gasteiger partial charge in [-0.3, -0.25) is 9.79 Å². The van der Waals surface area contributed by atoms with E-state index in [0.717, 1.165) is 40.6 Å². The smallest absolute Gasteiger partial charge is 0.313 e. The number of aryl methyl sites for hydroxylation is 1. The van der Waals surface area contributed by atoms with Crippen LogP contribution in [0.3, 0.4) is 0 Å². The zero-order valence-electron chi connectivity index (χ0n) is 21.4. The fourth-order valence-corrected chi connectivity index (χ4v) is 6.07. The summed E-state index contributed by atoms with van der Waals surface area (Å²) in [5.74, 6) is -8.43. The van der Waals surface area contributed by atoms with Crippen LogP contribution in [-0.2, 0) is 16.6 Å². The number of halogens is 4. The average Bonchev–Trinajstić information content (AvgIpc) is 2.88. The van der Waals surface area contributed by atoms with Crippen molar-refractivity contribution in [3.05, 3.63) is 92.0 Å². The lowest BCUT2D eigenvalue weighted by molar-refractivity contribution is -0.133. The molecular formula is C29H26F4N2O2S. The summed E-state index contributed by atoms with van der Waals surface area (Å²) >= 11 is 0.203. The van der Waals surface area contributed by atoms with Crippen molar-refractivity contribution in [2.24, 2.45) is 4.99 Å². The Bertz CT molecular complexity index is 1600. The minimum Gasteiger partial charge on any atom is -0.481 e. The van der Waals surface area contributed by atoms with Crippen molar-refractivity contribution in [2.75, 3.05) is 31.3 Å². The van der Waals surface area contributed by atoms with E-state index >= 15 is 17.6 Å². The van der Waals surface area contributed by atoms with Crippen molar-refractivity contribution in [3.63, 3.8) is 0 Å². The van der Waals surface area contributed by atoms with E-state index in [1.54, 1.807) is 12.1 Å². The molecule has 1 N–H and O–H groups in total. The van der Waals surface area contributed by atoms with E-state index in [2.05, 4.69) is 4.99 Å². The number of hydrogen-bond donors (Lipinski definition) is 1. The van der Waals surface area contributed by atoms with Crippen LogP contribution in [-0.4, -0.2) is 37.5 Å². The Morgan fingerprint density at radius 3 is 2.34 bits per heavy atom. The number of anilines is 1. The molecule has 0 saturated heterocycles. The molecule has 3 aromatic rings. The van der Waals surface area contributed by atoms with E-state index in [0.29, 0.717) is 17.3 Å². The molecular weight excluding hydrogens is 516 g/mol. The van der Waals surface area contributed by atoms with Gasteiger partial charge in [0.25, 0.3) is 0 Å². The van der Waals surface area contributed by atoms with Gasteiger partial charge in [-0.05, 0) is 64.6 Å². The topological polar surface area (TPSA) is 52.9 Å². The zero-order chi connectivity index (χ0) is 27.5. The van der Waals surface area contributed by atoms with Crippen molar-refractivity contribution in [1.82, 2.24) is 0 Å². The summed E-state index contributed by atoms with van der Waals surface area (Å²) in [6, 6.07) is 9.22. The summed E-state index contributed by atoms with van der Waals surface area (Å²) in [4.78, 5) is 16.5. The fourth-order valence-electron chi connectivity index (χ4n) is 5.37. The number of thioether (sulfide) groups is 1. The molecule has 0 atom stereocenters. The highest BCUT2D eigenvalue weighted by Crippen LogP contribution is 2.44. The highest BCUT2D eigenvalue weighted by molar-refractivity contribution is 8.00. The largest absolute Gasteiger partial charge is 0.481 e. The predicted molar refractivity (Wildman–Crippen MR) is 140 cm³/mol. The van der Waals surface area contributed by atoms with Crippen LogP contribution < -0.4 is 15.5 Å². The Balaban J connectivity index is 1.93. The second-order valence-corrected chi connectivity index (χ2v) is 11.3. The van der Waals surface area contributed by atoms with Gasteiger partial charge >= 0.3 is 5.97 Å². The van der Waals surface area contributed by atoms with Gasteiger partial charge in [-0.15, -0.1) is 11.8 Å². The van der Waals surface area contributed by atoms with Crippen LogP contribution >= 0.6 is 11.8 Å². The summed E-state index contributed by atoms with van der Waals surface area (Å²) in [7, 11) is 3.76. The lowest BCUT2D eigenvalue weighted by atomic mass is 9.68. The van der Waals surface area contributed by atoms with Gasteiger partial charge in [-0.25, -0.2) is 17.6 Å². The predicted octanol–water partition coefficient (Wildman–Crippen LogP) is 4.94. The Hall–Kier alpha value is -3.33. The molecule has 0 aromatic heterocycles. The van der Waals surface area contributed by atoms with Crippen LogP contribution in [0.15, 0.2) is 40.2 Å². The minimum absolute atomic E-state index is 0.0654. The maximum absolute atomic E-state index is 15.7. The minimum atomic E-state index is -1.61. The molecule has 1 heterocycles. The molecule has 0 fully saturated rings. The number of benzene rings is 3. The van der Waals surface area contributed by atoms with Gasteiger partial charge in [0.05, 0.1) is 21.6 Å². The molecule has 198 valence electrons. The second kappa shape index (κ2) is 9.45. The number of carboxylic acid groups (broad SMARTS) is 1.